The summed E-state index contributed by atoms with van der Waals surface area (Å²) in [5.41, 5.74) is 1.19. The Morgan fingerprint density at radius 1 is 1.31 bits per heavy atom. The molecule has 0 aromatic heterocycles. The number of hydrogen-bond acceptors (Lipinski definition) is 8. The number of esters is 1. The monoisotopic (exact) mass is 443 g/mol. The van der Waals surface area contributed by atoms with Gasteiger partial charge in [0, 0.05) is 29.4 Å². The molecule has 1 fully saturated rings. The predicted octanol–water partition coefficient (Wildman–Crippen LogP) is 3.11. The van der Waals surface area contributed by atoms with Crippen molar-refractivity contribution < 1.29 is 33.7 Å². The van der Waals surface area contributed by atoms with E-state index >= 15 is 0 Å². The molecule has 0 spiro atoms. The van der Waals surface area contributed by atoms with Gasteiger partial charge in [0.25, 0.3) is 0 Å². The smallest absolute Gasteiger partial charge is 0.478 e. The largest absolute Gasteiger partial charge is 0.508 e. The zero-order chi connectivity index (χ0) is 21.4. The molecule has 1 heterocycles. The maximum atomic E-state index is 12.5. The molecule has 0 radical (unpaired) electrons. The van der Waals surface area contributed by atoms with Crippen LogP contribution in [-0.4, -0.2) is 66.6 Å². The number of carbonyl (C=O) groups excluding carboxylic acids is 2. The normalized spacial score (nSPS) is 19.4. The van der Waals surface area contributed by atoms with Crippen molar-refractivity contribution in [1.82, 2.24) is 4.90 Å². The third-order valence-corrected chi connectivity index (χ3v) is 5.93. The summed E-state index contributed by atoms with van der Waals surface area (Å²) in [6.07, 6.45) is 0.873. The summed E-state index contributed by atoms with van der Waals surface area (Å²) in [4.78, 5) is 36.8. The van der Waals surface area contributed by atoms with Crippen LogP contribution in [0.4, 0.5) is 4.79 Å². The molecular formula is C19H22ClNO7S. The molecule has 1 aliphatic rings. The molecule has 0 unspecified atom stereocenters. The molecule has 1 aromatic carbocycles. The van der Waals surface area contributed by atoms with Crippen LogP contribution in [0.3, 0.4) is 0 Å². The SMILES string of the molecule is COC(=O)OCS[C@H]1CCN([C@H](C(=O)OC)c2ccccc2Cl)C/C1=C\C(=O)O. The van der Waals surface area contributed by atoms with Crippen LogP contribution < -0.4 is 0 Å². The van der Waals surface area contributed by atoms with Crippen LogP contribution in [0.25, 0.3) is 0 Å². The van der Waals surface area contributed by atoms with Crippen molar-refractivity contribution in [1.29, 1.82) is 0 Å². The summed E-state index contributed by atoms with van der Waals surface area (Å²) >= 11 is 7.59. The molecule has 0 bridgehead atoms. The third-order valence-electron chi connectivity index (χ3n) is 4.39. The predicted molar refractivity (Wildman–Crippen MR) is 108 cm³/mol. The molecule has 8 nitrogen and oxygen atoms in total. The van der Waals surface area contributed by atoms with Crippen molar-refractivity contribution in [2.45, 2.75) is 17.7 Å². The van der Waals surface area contributed by atoms with Gasteiger partial charge in [-0.3, -0.25) is 4.90 Å². The summed E-state index contributed by atoms with van der Waals surface area (Å²) in [5.74, 6) is -1.54. The topological polar surface area (TPSA) is 102 Å². The lowest BCUT2D eigenvalue weighted by Gasteiger charge is -2.37. The molecule has 2 atom stereocenters. The highest BCUT2D eigenvalue weighted by Crippen LogP contribution is 2.35. The number of carboxylic acid groups (broad SMARTS) is 1. The fourth-order valence-electron chi connectivity index (χ4n) is 3.10. The van der Waals surface area contributed by atoms with Gasteiger partial charge in [0.1, 0.15) is 12.0 Å². The molecule has 2 rings (SSSR count). The molecule has 1 aliphatic heterocycles. The number of rotatable bonds is 7. The van der Waals surface area contributed by atoms with Crippen LogP contribution in [0.2, 0.25) is 5.02 Å². The Bertz CT molecular complexity index is 786. The van der Waals surface area contributed by atoms with Gasteiger partial charge in [-0.25, -0.2) is 14.4 Å². The van der Waals surface area contributed by atoms with E-state index in [0.29, 0.717) is 29.1 Å². The van der Waals surface area contributed by atoms with Crippen molar-refractivity contribution in [2.75, 3.05) is 33.2 Å². The number of piperidine rings is 1. The number of halogens is 1. The van der Waals surface area contributed by atoms with Crippen LogP contribution >= 0.6 is 23.4 Å². The summed E-state index contributed by atoms with van der Waals surface area (Å²) in [5, 5.41) is 9.50. The van der Waals surface area contributed by atoms with Gasteiger partial charge in [-0.2, -0.15) is 0 Å². The van der Waals surface area contributed by atoms with Gasteiger partial charge in [-0.15, -0.1) is 11.8 Å². The number of likely N-dealkylation sites (tertiary alicyclic amines) is 1. The van der Waals surface area contributed by atoms with E-state index in [2.05, 4.69) is 4.74 Å². The molecule has 0 aliphatic carbocycles. The number of thioether (sulfide) groups is 1. The highest BCUT2D eigenvalue weighted by molar-refractivity contribution is 7.99. The molecule has 158 valence electrons. The van der Waals surface area contributed by atoms with Crippen molar-refractivity contribution >= 4 is 41.5 Å². The lowest BCUT2D eigenvalue weighted by atomic mass is 9.98. The average molecular weight is 444 g/mol. The third kappa shape index (κ3) is 6.38. The van der Waals surface area contributed by atoms with Crippen LogP contribution in [-0.2, 0) is 23.8 Å². The van der Waals surface area contributed by atoms with Crippen molar-refractivity contribution in [3.63, 3.8) is 0 Å². The standard InChI is InChI=1S/C19H22ClNO7S/c1-26-18(24)17(13-5-3-4-6-14(13)20)21-8-7-15(12(10-21)9-16(22)23)29-11-28-19(25)27-2/h3-6,9,15,17H,7-8,10-11H2,1-2H3,(H,22,23)/b12-9+/t15-,17-/m0/s1. The van der Waals surface area contributed by atoms with Gasteiger partial charge in [-0.05, 0) is 23.6 Å². The molecular weight excluding hydrogens is 422 g/mol. The average Bonchev–Trinajstić information content (AvgIpc) is 2.70. The first-order valence-electron chi connectivity index (χ1n) is 8.69. The number of ether oxygens (including phenoxy) is 3. The summed E-state index contributed by atoms with van der Waals surface area (Å²) in [6, 6.07) is 6.21. The molecule has 10 heteroatoms. The van der Waals surface area contributed by atoms with Gasteiger partial charge in [0.2, 0.25) is 0 Å². The lowest BCUT2D eigenvalue weighted by molar-refractivity contribution is -0.147. The van der Waals surface area contributed by atoms with Crippen molar-refractivity contribution in [3.05, 3.63) is 46.5 Å². The first-order valence-corrected chi connectivity index (χ1v) is 10.1. The number of hydrogen-bond donors (Lipinski definition) is 1. The zero-order valence-corrected chi connectivity index (χ0v) is 17.6. The van der Waals surface area contributed by atoms with Crippen molar-refractivity contribution in [3.8, 4) is 0 Å². The number of carboxylic acids is 1. The van der Waals surface area contributed by atoms with Crippen LogP contribution in [0.1, 0.15) is 18.0 Å². The van der Waals surface area contributed by atoms with E-state index in [1.165, 1.54) is 26.0 Å². The number of carbonyl (C=O) groups is 3. The van der Waals surface area contributed by atoms with E-state index in [-0.39, 0.29) is 17.7 Å². The lowest BCUT2D eigenvalue weighted by Crippen LogP contribution is -2.43. The maximum absolute atomic E-state index is 12.5. The second kappa shape index (κ2) is 11.1. The summed E-state index contributed by atoms with van der Waals surface area (Å²) in [6.45, 7) is 0.727. The molecule has 0 amide bonds. The van der Waals surface area contributed by atoms with E-state index < -0.39 is 24.1 Å². The Kier molecular flexibility index (Phi) is 8.81. The van der Waals surface area contributed by atoms with E-state index in [1.54, 1.807) is 24.3 Å². The number of benzene rings is 1. The molecule has 1 saturated heterocycles. The van der Waals surface area contributed by atoms with Gasteiger partial charge < -0.3 is 19.3 Å². The fraction of sp³-hybridized carbons (Fsp3) is 0.421. The first-order chi connectivity index (χ1) is 13.9. The zero-order valence-electron chi connectivity index (χ0n) is 16.0. The fourth-order valence-corrected chi connectivity index (χ4v) is 4.29. The Labute approximate surface area is 177 Å². The van der Waals surface area contributed by atoms with E-state index in [9.17, 15) is 19.5 Å². The molecule has 1 aromatic rings. The second-order valence-electron chi connectivity index (χ2n) is 6.14. The van der Waals surface area contributed by atoms with Crippen molar-refractivity contribution in [2.24, 2.45) is 0 Å². The Morgan fingerprint density at radius 3 is 2.66 bits per heavy atom. The number of aliphatic carboxylic acids is 1. The highest BCUT2D eigenvalue weighted by atomic mass is 35.5. The van der Waals surface area contributed by atoms with E-state index in [4.69, 9.17) is 21.1 Å². The van der Waals surface area contributed by atoms with E-state index in [1.807, 2.05) is 4.90 Å². The molecule has 1 N–H and O–H groups in total. The summed E-state index contributed by atoms with van der Waals surface area (Å²) < 4.78 is 14.3. The quantitative estimate of drug-likeness (QED) is 0.386. The summed E-state index contributed by atoms with van der Waals surface area (Å²) in [7, 11) is 2.51. The Morgan fingerprint density at radius 2 is 2.03 bits per heavy atom. The van der Waals surface area contributed by atoms with Crippen LogP contribution in [0, 0.1) is 0 Å². The van der Waals surface area contributed by atoms with Gasteiger partial charge in [0.15, 0.2) is 0 Å². The van der Waals surface area contributed by atoms with Gasteiger partial charge in [-0.1, -0.05) is 29.8 Å². The minimum absolute atomic E-state index is 0.0270. The van der Waals surface area contributed by atoms with Crippen LogP contribution in [0.15, 0.2) is 35.9 Å². The van der Waals surface area contributed by atoms with Gasteiger partial charge >= 0.3 is 18.1 Å². The molecule has 0 saturated carbocycles. The first kappa shape index (κ1) is 23.1. The number of nitrogens with zero attached hydrogens (tertiary/aromatic N) is 1. The maximum Gasteiger partial charge on any atom is 0.508 e. The minimum Gasteiger partial charge on any atom is -0.478 e. The Hall–Kier alpha value is -2.23. The van der Waals surface area contributed by atoms with E-state index in [0.717, 1.165) is 6.08 Å². The molecule has 29 heavy (non-hydrogen) atoms. The minimum atomic E-state index is -1.09. The van der Waals surface area contributed by atoms with Crippen LogP contribution in [0.5, 0.6) is 0 Å². The second-order valence-corrected chi connectivity index (χ2v) is 7.68. The van der Waals surface area contributed by atoms with Gasteiger partial charge in [0.05, 0.1) is 14.2 Å². The Balaban J connectivity index is 2.22. The highest BCUT2D eigenvalue weighted by Gasteiger charge is 2.35. The number of methoxy groups -OCH3 is 2.